The highest BCUT2D eigenvalue weighted by molar-refractivity contribution is 7.89. The van der Waals surface area contributed by atoms with Crippen LogP contribution in [0.4, 0.5) is 0 Å². The van der Waals surface area contributed by atoms with E-state index in [0.29, 0.717) is 4.31 Å². The van der Waals surface area contributed by atoms with E-state index in [2.05, 4.69) is 0 Å². The quantitative estimate of drug-likeness (QED) is 0.637. The number of aryl methyl sites for hydroxylation is 2. The molecule has 2 rings (SSSR count). The van der Waals surface area contributed by atoms with Gasteiger partial charge in [-0.2, -0.15) is 0 Å². The zero-order valence-corrected chi connectivity index (χ0v) is 13.9. The minimum absolute atomic E-state index is 0.0318. The Balaban J connectivity index is 2.29. The molecule has 6 heteroatoms. The maximum Gasteiger partial charge on any atom is 0.308 e. The van der Waals surface area contributed by atoms with E-state index in [4.69, 9.17) is 0 Å². The van der Waals surface area contributed by atoms with Crippen LogP contribution in [-0.2, 0) is 14.8 Å². The van der Waals surface area contributed by atoms with Gasteiger partial charge in [0.25, 0.3) is 15.8 Å². The number of ketones is 1. The number of hydrogen-bond donors (Lipinski definition) is 0. The largest absolute Gasteiger partial charge is 0.308 e. The van der Waals surface area contributed by atoms with Gasteiger partial charge in [0.15, 0.2) is 0 Å². The summed E-state index contributed by atoms with van der Waals surface area (Å²) in [5, 5.41) is 0. The van der Waals surface area contributed by atoms with E-state index in [-0.39, 0.29) is 10.5 Å². The fourth-order valence-electron chi connectivity index (χ4n) is 1.95. The lowest BCUT2D eigenvalue weighted by molar-refractivity contribution is -0.121. The molecule has 0 aliphatic rings. The van der Waals surface area contributed by atoms with Crippen LogP contribution in [0.2, 0.25) is 0 Å². The average Bonchev–Trinajstić information content (AvgIpc) is 2.54. The number of sulfonamides is 1. The number of carbonyl (C=O) groups is 2. The number of amides is 1. The van der Waals surface area contributed by atoms with Crippen molar-refractivity contribution in [3.63, 3.8) is 0 Å². The maximum absolute atomic E-state index is 12.4. The van der Waals surface area contributed by atoms with E-state index in [1.54, 1.807) is 24.3 Å². The van der Waals surface area contributed by atoms with E-state index in [0.717, 1.165) is 18.2 Å². The predicted octanol–water partition coefficient (Wildman–Crippen LogP) is 2.33. The molecular formula is C17H17NO4S. The van der Waals surface area contributed by atoms with Gasteiger partial charge in [-0.05, 0) is 26.0 Å². The lowest BCUT2D eigenvalue weighted by Gasteiger charge is -2.17. The minimum Gasteiger partial charge on any atom is -0.283 e. The van der Waals surface area contributed by atoms with Gasteiger partial charge < -0.3 is 0 Å². The van der Waals surface area contributed by atoms with Crippen LogP contribution < -0.4 is 0 Å². The van der Waals surface area contributed by atoms with Crippen molar-refractivity contribution < 1.29 is 18.0 Å². The van der Waals surface area contributed by atoms with Gasteiger partial charge in [0.1, 0.15) is 0 Å². The van der Waals surface area contributed by atoms with Gasteiger partial charge in [-0.25, -0.2) is 12.7 Å². The second kappa shape index (κ2) is 6.34. The van der Waals surface area contributed by atoms with Gasteiger partial charge in [-0.3, -0.25) is 9.59 Å². The molecule has 0 unspecified atom stereocenters. The highest BCUT2D eigenvalue weighted by Crippen LogP contribution is 2.16. The summed E-state index contributed by atoms with van der Waals surface area (Å²) in [6.45, 7) is 3.68. The summed E-state index contributed by atoms with van der Waals surface area (Å²) in [5.41, 5.74) is 2.00. The normalized spacial score (nSPS) is 11.1. The zero-order valence-electron chi connectivity index (χ0n) is 13.1. The van der Waals surface area contributed by atoms with Crippen LogP contribution in [0, 0.1) is 13.8 Å². The first-order valence-electron chi connectivity index (χ1n) is 6.94. The number of carbonyl (C=O) groups excluding carboxylic acids is 2. The van der Waals surface area contributed by atoms with Crippen LogP contribution in [0.15, 0.2) is 53.4 Å². The molecule has 2 aromatic carbocycles. The van der Waals surface area contributed by atoms with Gasteiger partial charge in [0.2, 0.25) is 0 Å². The summed E-state index contributed by atoms with van der Waals surface area (Å²) in [7, 11) is -2.97. The van der Waals surface area contributed by atoms with Crippen molar-refractivity contribution in [3.8, 4) is 0 Å². The molecule has 0 radical (unpaired) electrons. The molecule has 0 heterocycles. The van der Waals surface area contributed by atoms with Gasteiger partial charge in [-0.15, -0.1) is 0 Å². The van der Waals surface area contributed by atoms with E-state index in [1.807, 2.05) is 13.8 Å². The molecule has 0 fully saturated rings. The van der Waals surface area contributed by atoms with Crippen LogP contribution in [0.1, 0.15) is 21.5 Å². The van der Waals surface area contributed by atoms with Crippen LogP contribution in [0.5, 0.6) is 0 Å². The summed E-state index contributed by atoms with van der Waals surface area (Å²) in [5.74, 6) is -1.95. The molecule has 0 aliphatic heterocycles. The second-order valence-electron chi connectivity index (χ2n) is 5.29. The van der Waals surface area contributed by atoms with Gasteiger partial charge in [-0.1, -0.05) is 47.5 Å². The van der Waals surface area contributed by atoms with Crippen molar-refractivity contribution in [1.29, 1.82) is 0 Å². The number of benzene rings is 2. The molecule has 1 amide bonds. The number of nitrogens with zero attached hydrogens (tertiary/aromatic N) is 1. The topological polar surface area (TPSA) is 71.5 Å². The third-order valence-corrected chi connectivity index (χ3v) is 5.23. The minimum atomic E-state index is -4.05. The van der Waals surface area contributed by atoms with Gasteiger partial charge >= 0.3 is 5.91 Å². The van der Waals surface area contributed by atoms with Crippen LogP contribution >= 0.6 is 0 Å². The number of likely N-dealkylation sites (N-methyl/N-ethyl adjacent to an activating group) is 1. The fourth-order valence-corrected chi connectivity index (χ4v) is 3.05. The Labute approximate surface area is 135 Å². The summed E-state index contributed by atoms with van der Waals surface area (Å²) < 4.78 is 25.3. The summed E-state index contributed by atoms with van der Waals surface area (Å²) in [4.78, 5) is 24.4. The molecule has 0 saturated heterocycles. The Kier molecular flexibility index (Phi) is 4.65. The Morgan fingerprint density at radius 1 is 0.826 bits per heavy atom. The molecule has 0 spiro atoms. The Hall–Kier alpha value is -2.47. The first kappa shape index (κ1) is 16.9. The maximum atomic E-state index is 12.4. The van der Waals surface area contributed by atoms with E-state index >= 15 is 0 Å². The van der Waals surface area contributed by atoms with Crippen molar-refractivity contribution in [3.05, 3.63) is 65.2 Å². The van der Waals surface area contributed by atoms with Crippen molar-refractivity contribution in [2.75, 3.05) is 7.05 Å². The molecule has 5 nitrogen and oxygen atoms in total. The van der Waals surface area contributed by atoms with Crippen LogP contribution in [0.25, 0.3) is 0 Å². The van der Waals surface area contributed by atoms with E-state index in [9.17, 15) is 18.0 Å². The Morgan fingerprint density at radius 2 is 1.26 bits per heavy atom. The molecule has 0 aliphatic carbocycles. The summed E-state index contributed by atoms with van der Waals surface area (Å²) >= 11 is 0. The first-order chi connectivity index (χ1) is 10.7. The van der Waals surface area contributed by atoms with Crippen molar-refractivity contribution >= 4 is 21.7 Å². The predicted molar refractivity (Wildman–Crippen MR) is 86.6 cm³/mol. The molecule has 0 saturated carbocycles. The van der Waals surface area contributed by atoms with Crippen LogP contribution in [0.3, 0.4) is 0 Å². The molecule has 0 atom stereocenters. The van der Waals surface area contributed by atoms with Crippen LogP contribution in [-0.4, -0.2) is 31.5 Å². The van der Waals surface area contributed by atoms with Gasteiger partial charge in [0, 0.05) is 12.6 Å². The third kappa shape index (κ3) is 3.48. The Bertz CT molecular complexity index is 837. The average molecular weight is 331 g/mol. The smallest absolute Gasteiger partial charge is 0.283 e. The highest BCUT2D eigenvalue weighted by Gasteiger charge is 2.30. The molecule has 0 bridgehead atoms. The third-order valence-electron chi connectivity index (χ3n) is 3.47. The van der Waals surface area contributed by atoms with Crippen molar-refractivity contribution in [2.24, 2.45) is 0 Å². The molecule has 23 heavy (non-hydrogen) atoms. The SMILES string of the molecule is Cc1ccc(C(=O)C(=O)N(C)S(=O)(=O)c2ccc(C)cc2)cc1. The van der Waals surface area contributed by atoms with E-state index in [1.165, 1.54) is 24.3 Å². The number of rotatable bonds is 4. The molecular weight excluding hydrogens is 314 g/mol. The monoisotopic (exact) mass is 331 g/mol. The summed E-state index contributed by atoms with van der Waals surface area (Å²) in [6.07, 6.45) is 0. The first-order valence-corrected chi connectivity index (χ1v) is 8.38. The fraction of sp³-hybridized carbons (Fsp3) is 0.176. The zero-order chi connectivity index (χ0) is 17.2. The second-order valence-corrected chi connectivity index (χ2v) is 7.26. The lowest BCUT2D eigenvalue weighted by Crippen LogP contribution is -2.38. The number of Topliss-reactive ketones (excluding diaryl/α,β-unsaturated/α-hetero) is 1. The molecule has 0 N–H and O–H groups in total. The summed E-state index contributed by atoms with van der Waals surface area (Å²) in [6, 6.07) is 12.5. The molecule has 120 valence electrons. The lowest BCUT2D eigenvalue weighted by atomic mass is 10.1. The molecule has 2 aromatic rings. The van der Waals surface area contributed by atoms with E-state index < -0.39 is 21.7 Å². The Morgan fingerprint density at radius 3 is 1.74 bits per heavy atom. The van der Waals surface area contributed by atoms with Crippen molar-refractivity contribution in [2.45, 2.75) is 18.7 Å². The number of hydrogen-bond acceptors (Lipinski definition) is 4. The molecule has 0 aromatic heterocycles. The van der Waals surface area contributed by atoms with Crippen molar-refractivity contribution in [1.82, 2.24) is 4.31 Å². The highest BCUT2D eigenvalue weighted by atomic mass is 32.2. The standard InChI is InChI=1S/C17H17NO4S/c1-12-4-8-14(9-5-12)16(19)17(20)18(3)23(21,22)15-10-6-13(2)7-11-15/h4-11H,1-3H3. The van der Waals surface area contributed by atoms with Gasteiger partial charge in [0.05, 0.1) is 4.90 Å².